The Bertz CT molecular complexity index is 872. The Labute approximate surface area is 212 Å². The number of aliphatic carboxylic acids is 1. The molecule has 3 aliphatic rings. The first kappa shape index (κ1) is 29.3. The summed E-state index contributed by atoms with van der Waals surface area (Å²) >= 11 is 0. The van der Waals surface area contributed by atoms with Crippen molar-refractivity contribution in [1.82, 2.24) is 0 Å². The first-order valence-electron chi connectivity index (χ1n) is 13.3. The first-order chi connectivity index (χ1) is 16.6. The van der Waals surface area contributed by atoms with Gasteiger partial charge in [0.05, 0.1) is 23.6 Å². The van der Waals surface area contributed by atoms with E-state index in [2.05, 4.69) is 20.8 Å². The summed E-state index contributed by atoms with van der Waals surface area (Å²) in [5.41, 5.74) is 3.38. The van der Waals surface area contributed by atoms with Crippen LogP contribution in [0.1, 0.15) is 103 Å². The highest BCUT2D eigenvalue weighted by molar-refractivity contribution is 6.09. The number of nitrogens with zero attached hydrogens (tertiary/aromatic N) is 1. The third-order valence-electron chi connectivity index (χ3n) is 7.72. The van der Waals surface area contributed by atoms with Gasteiger partial charge in [-0.15, -0.1) is 0 Å². The minimum absolute atomic E-state index is 0.0434. The highest BCUT2D eigenvalue weighted by Gasteiger charge is 2.51. The summed E-state index contributed by atoms with van der Waals surface area (Å²) in [5, 5.41) is 9.68. The predicted molar refractivity (Wildman–Crippen MR) is 141 cm³/mol. The number of methoxy groups -OCH3 is 1. The Hall–Kier alpha value is -1.92. The van der Waals surface area contributed by atoms with E-state index in [0.29, 0.717) is 50.1 Å². The van der Waals surface area contributed by atoms with Crippen LogP contribution in [0.3, 0.4) is 0 Å². The Morgan fingerprint density at radius 1 is 1.23 bits per heavy atom. The minimum atomic E-state index is -0.868. The number of fused-ring (bicyclic) bond motifs is 2. The molecule has 0 radical (unpaired) electrons. The molecule has 2 aliphatic heterocycles. The highest BCUT2D eigenvalue weighted by atomic mass is 16.5. The number of ether oxygens (including phenoxy) is 2. The summed E-state index contributed by atoms with van der Waals surface area (Å²) in [5.74, 6) is -0.476. The van der Waals surface area contributed by atoms with Gasteiger partial charge < -0.3 is 19.5 Å². The number of benzene rings is 1. The second kappa shape index (κ2) is 12.4. The van der Waals surface area contributed by atoms with Crippen molar-refractivity contribution in [3.63, 3.8) is 0 Å². The quantitative estimate of drug-likeness (QED) is 0.526. The van der Waals surface area contributed by atoms with E-state index >= 15 is 0 Å². The van der Waals surface area contributed by atoms with Crippen molar-refractivity contribution in [2.24, 2.45) is 11.3 Å². The molecule has 35 heavy (non-hydrogen) atoms. The number of carboxylic acids is 1. The third-order valence-corrected chi connectivity index (χ3v) is 7.72. The van der Waals surface area contributed by atoms with Crippen molar-refractivity contribution in [2.45, 2.75) is 98.0 Å². The Morgan fingerprint density at radius 2 is 1.86 bits per heavy atom. The number of carboxylic acid groups (broad SMARTS) is 1. The van der Waals surface area contributed by atoms with E-state index in [-0.39, 0.29) is 5.91 Å². The lowest BCUT2D eigenvalue weighted by atomic mass is 9.74. The molecule has 2 unspecified atom stereocenters. The molecule has 0 aromatic heterocycles. The van der Waals surface area contributed by atoms with Crippen molar-refractivity contribution < 1.29 is 24.2 Å². The summed E-state index contributed by atoms with van der Waals surface area (Å²) in [6.45, 7) is 14.4. The van der Waals surface area contributed by atoms with Crippen molar-refractivity contribution in [1.29, 1.82) is 0 Å². The summed E-state index contributed by atoms with van der Waals surface area (Å²) in [6.07, 6.45) is 6.05. The Balaban J connectivity index is 0.000000363. The van der Waals surface area contributed by atoms with E-state index in [1.807, 2.05) is 32.9 Å². The lowest BCUT2D eigenvalue weighted by molar-refractivity contribution is -0.138. The largest absolute Gasteiger partial charge is 0.481 e. The second-order valence-corrected chi connectivity index (χ2v) is 10.9. The van der Waals surface area contributed by atoms with Gasteiger partial charge in [0, 0.05) is 27.4 Å². The normalized spacial score (nSPS) is 22.6. The fourth-order valence-electron chi connectivity index (χ4n) is 6.03. The van der Waals surface area contributed by atoms with Crippen LogP contribution in [-0.4, -0.2) is 44.4 Å². The lowest BCUT2D eigenvalue weighted by Crippen LogP contribution is -2.42. The van der Waals surface area contributed by atoms with E-state index in [4.69, 9.17) is 9.47 Å². The van der Waals surface area contributed by atoms with Crippen LogP contribution in [0.15, 0.2) is 12.1 Å². The number of carbonyl (C=O) groups excluding carboxylic acids is 1. The van der Waals surface area contributed by atoms with Gasteiger partial charge in [0.25, 0.3) is 0 Å². The monoisotopic (exact) mass is 489 g/mol. The van der Waals surface area contributed by atoms with Crippen LogP contribution in [0.25, 0.3) is 0 Å². The molecule has 1 N–H and O–H groups in total. The van der Waals surface area contributed by atoms with E-state index in [0.717, 1.165) is 22.7 Å². The van der Waals surface area contributed by atoms with Crippen LogP contribution >= 0.6 is 0 Å². The topological polar surface area (TPSA) is 76.1 Å². The predicted octanol–water partition coefficient (Wildman–Crippen LogP) is 6.29. The van der Waals surface area contributed by atoms with Gasteiger partial charge in [0.2, 0.25) is 5.91 Å². The Morgan fingerprint density at radius 3 is 2.29 bits per heavy atom. The first-order valence-corrected chi connectivity index (χ1v) is 13.3. The molecule has 1 amide bonds. The van der Waals surface area contributed by atoms with Gasteiger partial charge in [-0.2, -0.15) is 0 Å². The van der Waals surface area contributed by atoms with Gasteiger partial charge in [0.15, 0.2) is 0 Å². The molecular formula is C29H47NO5. The highest BCUT2D eigenvalue weighted by Crippen LogP contribution is 2.50. The van der Waals surface area contributed by atoms with Gasteiger partial charge in [-0.25, -0.2) is 0 Å². The molecule has 1 aromatic carbocycles. The van der Waals surface area contributed by atoms with Crippen LogP contribution in [0, 0.1) is 11.3 Å². The second-order valence-electron chi connectivity index (χ2n) is 10.9. The smallest absolute Gasteiger partial charge is 0.311 e. The SMILES string of the molecule is CC.CC1CCC(C)(C)C1.CCC(C(=O)O)c1cc(COC)cc2c1N(C)C(=O)C21CCOCC1. The summed E-state index contributed by atoms with van der Waals surface area (Å²) < 4.78 is 10.8. The summed E-state index contributed by atoms with van der Waals surface area (Å²) in [4.78, 5) is 26.6. The van der Waals surface area contributed by atoms with Gasteiger partial charge >= 0.3 is 5.97 Å². The molecule has 2 fully saturated rings. The molecule has 0 bridgehead atoms. The van der Waals surface area contributed by atoms with Crippen LogP contribution in [-0.2, 0) is 31.1 Å². The number of amides is 1. The fourth-order valence-corrected chi connectivity index (χ4v) is 6.03. The molecule has 1 aliphatic carbocycles. The standard InChI is InChI=1S/C19H25NO5.C8H16.C2H6/c1-4-13(17(21)22)14-9-12(11-24-3)10-15-16(14)20(2)18(23)19(15)5-7-25-8-6-19;1-7-4-5-8(2,3)6-7;1-2/h9-10,13H,4-8,11H2,1-3H3,(H,21,22);7H,4-6H2,1-3H3;1-2H3. The number of rotatable bonds is 5. The molecule has 2 heterocycles. The van der Waals surface area contributed by atoms with Crippen molar-refractivity contribution >= 4 is 17.6 Å². The number of anilines is 1. The van der Waals surface area contributed by atoms with Crippen LogP contribution in [0.4, 0.5) is 5.69 Å². The van der Waals surface area contributed by atoms with Gasteiger partial charge in [-0.1, -0.05) is 60.1 Å². The zero-order chi connectivity index (χ0) is 26.4. The number of hydrogen-bond donors (Lipinski definition) is 1. The summed E-state index contributed by atoms with van der Waals surface area (Å²) in [6, 6.07) is 3.90. The molecule has 198 valence electrons. The molecule has 2 atom stereocenters. The Kier molecular flexibility index (Phi) is 10.3. The average Bonchev–Trinajstić information content (AvgIpc) is 3.25. The maximum Gasteiger partial charge on any atom is 0.311 e. The maximum atomic E-state index is 13.1. The van der Waals surface area contributed by atoms with E-state index in [1.54, 1.807) is 19.1 Å². The molecular weight excluding hydrogens is 442 g/mol. The molecule has 1 spiro atoms. The van der Waals surface area contributed by atoms with Gasteiger partial charge in [0.1, 0.15) is 0 Å². The number of hydrogen-bond acceptors (Lipinski definition) is 4. The molecule has 1 saturated heterocycles. The molecule has 6 heteroatoms. The zero-order valence-electron chi connectivity index (χ0n) is 23.2. The minimum Gasteiger partial charge on any atom is -0.481 e. The van der Waals surface area contributed by atoms with Crippen molar-refractivity contribution in [2.75, 3.05) is 32.3 Å². The zero-order valence-corrected chi connectivity index (χ0v) is 23.2. The molecule has 6 nitrogen and oxygen atoms in total. The number of carbonyl (C=O) groups is 2. The third kappa shape index (κ3) is 6.26. The molecule has 1 aromatic rings. The van der Waals surface area contributed by atoms with E-state index < -0.39 is 17.3 Å². The maximum absolute atomic E-state index is 13.1. The van der Waals surface area contributed by atoms with Crippen molar-refractivity contribution in [3.05, 3.63) is 28.8 Å². The van der Waals surface area contributed by atoms with Crippen LogP contribution in [0.2, 0.25) is 0 Å². The van der Waals surface area contributed by atoms with E-state index in [1.165, 1.54) is 19.3 Å². The molecule has 4 rings (SSSR count). The van der Waals surface area contributed by atoms with Gasteiger partial charge in [-0.05, 0) is 60.1 Å². The van der Waals surface area contributed by atoms with Crippen LogP contribution < -0.4 is 4.90 Å². The van der Waals surface area contributed by atoms with Gasteiger partial charge in [-0.3, -0.25) is 9.59 Å². The number of likely N-dealkylation sites (N-methyl/N-ethyl adjacent to an activating group) is 1. The summed E-state index contributed by atoms with van der Waals surface area (Å²) in [7, 11) is 3.36. The van der Waals surface area contributed by atoms with Crippen LogP contribution in [0.5, 0.6) is 0 Å². The average molecular weight is 490 g/mol. The van der Waals surface area contributed by atoms with Crippen molar-refractivity contribution in [3.8, 4) is 0 Å². The lowest BCUT2D eigenvalue weighted by Gasteiger charge is -2.32. The van der Waals surface area contributed by atoms with E-state index in [9.17, 15) is 14.7 Å². The fraction of sp³-hybridized carbons (Fsp3) is 0.724. The molecule has 1 saturated carbocycles.